The summed E-state index contributed by atoms with van der Waals surface area (Å²) in [5.41, 5.74) is 34.7. The van der Waals surface area contributed by atoms with E-state index < -0.39 is 101 Å². The van der Waals surface area contributed by atoms with E-state index in [1.165, 1.54) is 180 Å². The van der Waals surface area contributed by atoms with Crippen molar-refractivity contribution in [2.75, 3.05) is 0 Å². The molecule has 0 radical (unpaired) electrons. The molecule has 6 aliphatic rings. The Balaban J connectivity index is 0.000000343. The fraction of sp³-hybridized carbons (Fsp3) is 0.590. The zero-order valence-corrected chi connectivity index (χ0v) is 76.5. The molecule has 20 heteroatoms. The number of rotatable bonds is 38. The summed E-state index contributed by atoms with van der Waals surface area (Å²) in [6, 6.07) is 0. The summed E-state index contributed by atoms with van der Waals surface area (Å²) in [6.07, 6.45) is 38.4. The molecular formula is C78H144O8Si12. The quantitative estimate of drug-likeness (QED) is 0.0566. The van der Waals surface area contributed by atoms with Gasteiger partial charge in [-0.1, -0.05) is 207 Å². The lowest BCUT2D eigenvalue weighted by Crippen LogP contribution is -2.62. The van der Waals surface area contributed by atoms with Gasteiger partial charge in [-0.15, -0.1) is 105 Å². The van der Waals surface area contributed by atoms with E-state index in [0.29, 0.717) is 33.2 Å². The van der Waals surface area contributed by atoms with Crippen molar-refractivity contribution in [3.05, 3.63) is 196 Å². The van der Waals surface area contributed by atoms with Gasteiger partial charge in [-0.2, -0.15) is 0 Å². The summed E-state index contributed by atoms with van der Waals surface area (Å²) in [4.78, 5) is 0. The van der Waals surface area contributed by atoms with Crippen molar-refractivity contribution in [3.8, 4) is 0 Å². The molecule has 0 amide bonds. The van der Waals surface area contributed by atoms with Gasteiger partial charge in [0.1, 0.15) is 0 Å². The smallest absolute Gasteiger partial charge is 0.325 e. The highest BCUT2D eigenvalue weighted by Gasteiger charge is 2.59. The molecule has 0 spiro atoms. The molecule has 6 fully saturated rings. The average molecular weight is 1550 g/mol. The highest BCUT2D eigenvalue weighted by atomic mass is 28.5. The maximum absolute atomic E-state index is 7.31. The standard InChI is InChI=1S/C24H40O2Si3.C20H40O2Si3.C19H32O2Si3.C15H32O2Si3/c1-7-27(8-2,9-3)25-29(23-19-15-13-16-20-23,24-21-17-14-18-22-24)26-28(10-4,11-5)12-6;1-7-23(3,4)21-25(22-24(5,6)8-2,19-15-11-9-12-16-19)20-17-13-10-14-18-20;1-8-23(9-2,10-3)20-22(7,19-17-15-14-16-18-19)21-24(11-4,12-5)13-6;1-8-18(3,4)16-20(7,17-19(5,6)9-2)15-13-11-10-12-14-15/h7-12,23-24H,1-6,13-22H2;7-8,19-20H,1-2,9-18H2,3-6H3;8-13,19H,1-6,14-18H2,7H3;8-9,15H,1-2,10-14H2,3-7H3. The van der Waals surface area contributed by atoms with Crippen LogP contribution in [0.1, 0.15) is 193 Å². The summed E-state index contributed by atoms with van der Waals surface area (Å²) in [6.45, 7) is 87.3. The first-order valence-corrected chi connectivity index (χ1v) is 67.3. The van der Waals surface area contributed by atoms with Crippen molar-refractivity contribution in [2.24, 2.45) is 0 Å². The van der Waals surface area contributed by atoms with Gasteiger partial charge in [0, 0.05) is 33.2 Å². The van der Waals surface area contributed by atoms with Gasteiger partial charge in [0.2, 0.25) is 0 Å². The van der Waals surface area contributed by atoms with Crippen LogP contribution in [0, 0.1) is 0 Å². The molecule has 0 heterocycles. The van der Waals surface area contributed by atoms with Crippen LogP contribution in [-0.4, -0.2) is 101 Å². The Bertz CT molecular complexity index is 2380. The van der Waals surface area contributed by atoms with E-state index in [1.54, 1.807) is 0 Å². The zero-order chi connectivity index (χ0) is 73.6. The fourth-order valence-electron chi connectivity index (χ4n) is 15.8. The maximum Gasteiger partial charge on any atom is 0.325 e. The van der Waals surface area contributed by atoms with E-state index in [9.17, 15) is 0 Å². The Hall–Kier alpha value is -1.88. The summed E-state index contributed by atoms with van der Waals surface area (Å²) in [7, 11) is -27.1. The molecule has 0 saturated heterocycles. The molecule has 0 unspecified atom stereocenters. The molecule has 0 atom stereocenters. The molecule has 6 aliphatic carbocycles. The molecule has 8 nitrogen and oxygen atoms in total. The van der Waals surface area contributed by atoms with Crippen molar-refractivity contribution in [3.63, 3.8) is 0 Å². The SMILES string of the molecule is C=C[Si](C)(C)O[Si](C)(O[Si](C)(C)C=C)C1CCCCC1.C=C[Si](C)(C)O[Si](O[Si](C)(C)C=C)(C1CCCCC1)C1CCCCC1.C=C[Si](C=C)(C=C)O[Si](C)(O[Si](C=C)(C=C)C=C)C1CCCCC1.C=C[Si](C=C)(C=C)O[Si](O[Si](C=C)(C=C)C=C)(C1CCCCC1)C1CCCCC1. The van der Waals surface area contributed by atoms with E-state index >= 15 is 0 Å². The second kappa shape index (κ2) is 41.7. The van der Waals surface area contributed by atoms with Gasteiger partial charge in [-0.05, 0) is 143 Å². The maximum atomic E-state index is 7.31. The van der Waals surface area contributed by atoms with Crippen molar-refractivity contribution < 1.29 is 32.9 Å². The van der Waals surface area contributed by atoms with Crippen LogP contribution in [0.25, 0.3) is 0 Å². The van der Waals surface area contributed by atoms with E-state index in [2.05, 4.69) is 182 Å². The highest BCUT2D eigenvalue weighted by Crippen LogP contribution is 2.54. The summed E-state index contributed by atoms with van der Waals surface area (Å²) in [5.74, 6) is 0. The minimum absolute atomic E-state index is 0.449. The monoisotopic (exact) mass is 1540 g/mol. The van der Waals surface area contributed by atoms with Crippen LogP contribution in [-0.2, 0) is 32.9 Å². The zero-order valence-electron chi connectivity index (χ0n) is 64.5. The Morgan fingerprint density at radius 1 is 0.184 bits per heavy atom. The van der Waals surface area contributed by atoms with Crippen molar-refractivity contribution >= 4 is 101 Å². The lowest BCUT2D eigenvalue weighted by Gasteiger charge is -2.51. The predicted molar refractivity (Wildman–Crippen MR) is 461 cm³/mol. The van der Waals surface area contributed by atoms with E-state index in [0.717, 1.165) is 12.8 Å². The molecule has 0 aromatic carbocycles. The normalized spacial score (nSPS) is 19.4. The van der Waals surface area contributed by atoms with E-state index in [4.69, 9.17) is 32.9 Å². The van der Waals surface area contributed by atoms with Crippen molar-refractivity contribution in [1.82, 2.24) is 0 Å². The van der Waals surface area contributed by atoms with E-state index in [1.807, 2.05) is 79.8 Å². The number of hydrogen-bond donors (Lipinski definition) is 0. The molecule has 98 heavy (non-hydrogen) atoms. The highest BCUT2D eigenvalue weighted by molar-refractivity contribution is 7.01. The van der Waals surface area contributed by atoms with Gasteiger partial charge in [-0.3, -0.25) is 0 Å². The minimum atomic E-state index is -2.69. The van der Waals surface area contributed by atoms with Gasteiger partial charge >= 0.3 is 34.2 Å². The van der Waals surface area contributed by atoms with Gasteiger partial charge in [0.15, 0.2) is 33.3 Å². The third kappa shape index (κ3) is 25.7. The van der Waals surface area contributed by atoms with Crippen LogP contribution >= 0.6 is 0 Å². The van der Waals surface area contributed by atoms with Gasteiger partial charge in [-0.25, -0.2) is 0 Å². The van der Waals surface area contributed by atoms with Crippen LogP contribution in [0.5, 0.6) is 0 Å². The van der Waals surface area contributed by atoms with Gasteiger partial charge in [0.25, 0.3) is 33.3 Å². The lowest BCUT2D eigenvalue weighted by molar-refractivity contribution is 0.288. The van der Waals surface area contributed by atoms with Crippen LogP contribution < -0.4 is 0 Å². The number of hydrogen-bond acceptors (Lipinski definition) is 8. The first-order chi connectivity index (χ1) is 46.3. The molecule has 6 rings (SSSR count). The molecular weight excluding hydrogens is 1400 g/mol. The lowest BCUT2D eigenvalue weighted by atomic mass is 9.99. The van der Waals surface area contributed by atoms with Crippen LogP contribution in [0.2, 0.25) is 98.7 Å². The summed E-state index contributed by atoms with van der Waals surface area (Å²) >= 11 is 0. The Labute approximate surface area is 616 Å². The van der Waals surface area contributed by atoms with Crippen LogP contribution in [0.3, 0.4) is 0 Å². The molecule has 552 valence electrons. The summed E-state index contributed by atoms with van der Waals surface area (Å²) in [5, 5.41) is 0. The van der Waals surface area contributed by atoms with E-state index in [-0.39, 0.29) is 0 Å². The van der Waals surface area contributed by atoms with Crippen molar-refractivity contribution in [1.29, 1.82) is 0 Å². The second-order valence-corrected chi connectivity index (χ2v) is 76.0. The Morgan fingerprint density at radius 2 is 0.337 bits per heavy atom. The summed E-state index contributed by atoms with van der Waals surface area (Å²) < 4.78 is 55.9. The van der Waals surface area contributed by atoms with Crippen LogP contribution in [0.15, 0.2) is 196 Å². The minimum Gasteiger partial charge on any atom is -0.433 e. The molecule has 6 saturated carbocycles. The first-order valence-electron chi connectivity index (χ1n) is 38.0. The molecule has 0 N–H and O–H groups in total. The molecule has 0 aromatic heterocycles. The average Bonchev–Trinajstić information content (AvgIpc) is 0.763. The second-order valence-electron chi connectivity index (χ2n) is 31.4. The Kier molecular flexibility index (Phi) is 38.5. The molecule has 0 aliphatic heterocycles. The third-order valence-corrected chi connectivity index (χ3v) is 70.6. The largest absolute Gasteiger partial charge is 0.433 e. The van der Waals surface area contributed by atoms with Crippen LogP contribution in [0.4, 0.5) is 0 Å². The van der Waals surface area contributed by atoms with Gasteiger partial charge < -0.3 is 32.9 Å². The third-order valence-electron chi connectivity index (χ3n) is 22.4. The molecule has 0 aromatic rings. The molecule has 0 bridgehead atoms. The first kappa shape index (κ1) is 90.3. The Morgan fingerprint density at radius 3 is 0.520 bits per heavy atom. The topological polar surface area (TPSA) is 73.8 Å². The van der Waals surface area contributed by atoms with Crippen molar-refractivity contribution in [2.45, 2.75) is 291 Å². The van der Waals surface area contributed by atoms with Gasteiger partial charge in [0.05, 0.1) is 0 Å². The predicted octanol–water partition coefficient (Wildman–Crippen LogP) is 25.3. The fourth-order valence-corrected chi connectivity index (χ4v) is 67.4.